The highest BCUT2D eigenvalue weighted by molar-refractivity contribution is 4.75. The van der Waals surface area contributed by atoms with Crippen molar-refractivity contribution in [2.24, 2.45) is 5.92 Å². The van der Waals surface area contributed by atoms with Crippen LogP contribution < -0.4 is 5.32 Å². The molecule has 1 N–H and O–H groups in total. The van der Waals surface area contributed by atoms with Crippen molar-refractivity contribution in [2.75, 3.05) is 39.4 Å². The van der Waals surface area contributed by atoms with Crippen LogP contribution in [0.3, 0.4) is 0 Å². The highest BCUT2D eigenvalue weighted by atomic mass is 16.7. The van der Waals surface area contributed by atoms with Crippen molar-refractivity contribution in [3.05, 3.63) is 0 Å². The molecule has 0 aliphatic carbocycles. The molecular formula is C15H30N2O2. The average Bonchev–Trinajstić information content (AvgIpc) is 2.39. The van der Waals surface area contributed by atoms with Crippen molar-refractivity contribution in [1.82, 2.24) is 10.2 Å². The maximum absolute atomic E-state index is 5.67. The second kappa shape index (κ2) is 7.02. The number of ether oxygens (including phenoxy) is 2. The van der Waals surface area contributed by atoms with Gasteiger partial charge in [0.25, 0.3) is 0 Å². The summed E-state index contributed by atoms with van der Waals surface area (Å²) in [5.41, 5.74) is 0. The van der Waals surface area contributed by atoms with Crippen molar-refractivity contribution in [3.8, 4) is 0 Å². The summed E-state index contributed by atoms with van der Waals surface area (Å²) < 4.78 is 11.3. The van der Waals surface area contributed by atoms with Gasteiger partial charge in [-0.25, -0.2) is 0 Å². The highest BCUT2D eigenvalue weighted by Crippen LogP contribution is 2.17. The summed E-state index contributed by atoms with van der Waals surface area (Å²) >= 11 is 0. The Morgan fingerprint density at radius 1 is 1.16 bits per heavy atom. The molecule has 0 radical (unpaired) electrons. The van der Waals surface area contributed by atoms with Crippen LogP contribution in [0.5, 0.6) is 0 Å². The van der Waals surface area contributed by atoms with Gasteiger partial charge in [0.2, 0.25) is 0 Å². The van der Waals surface area contributed by atoms with Crippen molar-refractivity contribution in [1.29, 1.82) is 0 Å². The van der Waals surface area contributed by atoms with E-state index in [0.717, 1.165) is 19.8 Å². The van der Waals surface area contributed by atoms with E-state index in [1.165, 1.54) is 38.9 Å². The molecule has 2 rings (SSSR count). The topological polar surface area (TPSA) is 33.7 Å². The molecule has 2 aliphatic heterocycles. The fourth-order valence-corrected chi connectivity index (χ4v) is 2.83. The van der Waals surface area contributed by atoms with Gasteiger partial charge < -0.3 is 19.7 Å². The Hall–Kier alpha value is -0.160. The minimum Gasteiger partial charge on any atom is -0.349 e. The Morgan fingerprint density at radius 2 is 1.79 bits per heavy atom. The van der Waals surface area contributed by atoms with Crippen LogP contribution in [-0.2, 0) is 9.47 Å². The summed E-state index contributed by atoms with van der Waals surface area (Å²) in [5, 5.41) is 3.57. The van der Waals surface area contributed by atoms with Crippen molar-refractivity contribution < 1.29 is 9.47 Å². The standard InChI is InChI=1S/C15H30N2O2/c1-13(10-17-7-5-4-6-8-17)9-16-14-11-18-15(2,3)19-12-14/h13-14,16H,4-12H2,1-3H3. The van der Waals surface area contributed by atoms with Crippen LogP contribution in [-0.4, -0.2) is 56.1 Å². The number of nitrogens with one attached hydrogen (secondary N) is 1. The largest absolute Gasteiger partial charge is 0.349 e. The maximum atomic E-state index is 5.67. The van der Waals surface area contributed by atoms with E-state index in [1.54, 1.807) is 0 Å². The summed E-state index contributed by atoms with van der Waals surface area (Å²) in [6, 6.07) is 0.344. The lowest BCUT2D eigenvalue weighted by atomic mass is 10.1. The van der Waals surface area contributed by atoms with Crippen molar-refractivity contribution in [3.63, 3.8) is 0 Å². The maximum Gasteiger partial charge on any atom is 0.162 e. The third-order valence-corrected chi connectivity index (χ3v) is 4.04. The minimum absolute atomic E-state index is 0.344. The fraction of sp³-hybridized carbons (Fsp3) is 1.00. The van der Waals surface area contributed by atoms with E-state index in [2.05, 4.69) is 17.1 Å². The van der Waals surface area contributed by atoms with Crippen LogP contribution in [0.25, 0.3) is 0 Å². The Balaban J connectivity index is 1.59. The number of hydrogen-bond acceptors (Lipinski definition) is 4. The van der Waals surface area contributed by atoms with E-state index in [4.69, 9.17) is 9.47 Å². The number of hydrogen-bond donors (Lipinski definition) is 1. The van der Waals surface area contributed by atoms with Crippen LogP contribution in [0.2, 0.25) is 0 Å². The lowest BCUT2D eigenvalue weighted by Gasteiger charge is -2.36. The first kappa shape index (κ1) is 15.2. The van der Waals surface area contributed by atoms with Gasteiger partial charge in [-0.1, -0.05) is 13.3 Å². The number of likely N-dealkylation sites (tertiary alicyclic amines) is 1. The molecule has 1 unspecified atom stereocenters. The van der Waals surface area contributed by atoms with E-state index in [-0.39, 0.29) is 0 Å². The number of piperidine rings is 1. The number of nitrogens with zero attached hydrogens (tertiary/aromatic N) is 1. The molecule has 0 spiro atoms. The molecule has 2 saturated heterocycles. The minimum atomic E-state index is -0.405. The average molecular weight is 270 g/mol. The smallest absolute Gasteiger partial charge is 0.162 e. The highest BCUT2D eigenvalue weighted by Gasteiger charge is 2.28. The summed E-state index contributed by atoms with van der Waals surface area (Å²) in [7, 11) is 0. The zero-order valence-electron chi connectivity index (χ0n) is 12.8. The van der Waals surface area contributed by atoms with Gasteiger partial charge in [0.05, 0.1) is 19.3 Å². The Bertz CT molecular complexity index is 255. The molecule has 2 aliphatic rings. The molecule has 0 bridgehead atoms. The first-order valence-electron chi connectivity index (χ1n) is 7.79. The molecule has 0 amide bonds. The monoisotopic (exact) mass is 270 g/mol. The quantitative estimate of drug-likeness (QED) is 0.826. The molecule has 2 fully saturated rings. The van der Waals surface area contributed by atoms with Gasteiger partial charge >= 0.3 is 0 Å². The van der Waals surface area contributed by atoms with Crippen LogP contribution in [0.1, 0.15) is 40.0 Å². The van der Waals surface area contributed by atoms with Gasteiger partial charge in [0.15, 0.2) is 5.79 Å². The lowest BCUT2D eigenvalue weighted by molar-refractivity contribution is -0.253. The lowest BCUT2D eigenvalue weighted by Crippen LogP contribution is -2.50. The van der Waals surface area contributed by atoms with Crippen LogP contribution >= 0.6 is 0 Å². The number of rotatable bonds is 5. The molecule has 0 aromatic rings. The first-order chi connectivity index (χ1) is 9.05. The Kier molecular flexibility index (Phi) is 5.63. The molecule has 2 heterocycles. The van der Waals surface area contributed by atoms with Gasteiger partial charge in [-0.05, 0) is 52.2 Å². The van der Waals surface area contributed by atoms with Gasteiger partial charge in [0.1, 0.15) is 0 Å². The summed E-state index contributed by atoms with van der Waals surface area (Å²) in [6.07, 6.45) is 4.16. The van der Waals surface area contributed by atoms with Crippen LogP contribution in [0.15, 0.2) is 0 Å². The second-order valence-electron chi connectivity index (χ2n) is 6.59. The van der Waals surface area contributed by atoms with Crippen molar-refractivity contribution >= 4 is 0 Å². The first-order valence-corrected chi connectivity index (χ1v) is 7.79. The molecule has 0 aromatic carbocycles. The van der Waals surface area contributed by atoms with Gasteiger partial charge in [-0.2, -0.15) is 0 Å². The predicted molar refractivity (Wildman–Crippen MR) is 77.2 cm³/mol. The summed E-state index contributed by atoms with van der Waals surface area (Å²) in [4.78, 5) is 2.60. The summed E-state index contributed by atoms with van der Waals surface area (Å²) in [6.45, 7) is 12.6. The summed E-state index contributed by atoms with van der Waals surface area (Å²) in [5.74, 6) is 0.283. The van der Waals surface area contributed by atoms with E-state index < -0.39 is 5.79 Å². The molecular weight excluding hydrogens is 240 g/mol. The zero-order chi connectivity index (χ0) is 13.7. The van der Waals surface area contributed by atoms with Gasteiger partial charge in [-0.3, -0.25) is 0 Å². The van der Waals surface area contributed by atoms with E-state index >= 15 is 0 Å². The second-order valence-corrected chi connectivity index (χ2v) is 6.59. The van der Waals surface area contributed by atoms with Gasteiger partial charge in [-0.15, -0.1) is 0 Å². The fourth-order valence-electron chi connectivity index (χ4n) is 2.83. The van der Waals surface area contributed by atoms with Gasteiger partial charge in [0, 0.05) is 6.54 Å². The normalized spacial score (nSPS) is 27.3. The molecule has 4 nitrogen and oxygen atoms in total. The Morgan fingerprint density at radius 3 is 2.42 bits per heavy atom. The van der Waals surface area contributed by atoms with E-state index in [1.807, 2.05) is 13.8 Å². The molecule has 19 heavy (non-hydrogen) atoms. The third-order valence-electron chi connectivity index (χ3n) is 4.04. The molecule has 1 atom stereocenters. The predicted octanol–water partition coefficient (Wildman–Crippen LogP) is 1.85. The Labute approximate surface area is 117 Å². The molecule has 0 aromatic heterocycles. The SMILES string of the molecule is CC(CNC1COC(C)(C)OC1)CN1CCCCC1. The third kappa shape index (κ3) is 5.38. The zero-order valence-corrected chi connectivity index (χ0v) is 12.8. The molecule has 0 saturated carbocycles. The van der Waals surface area contributed by atoms with Crippen LogP contribution in [0.4, 0.5) is 0 Å². The van der Waals surface area contributed by atoms with E-state index in [0.29, 0.717) is 12.0 Å². The van der Waals surface area contributed by atoms with E-state index in [9.17, 15) is 0 Å². The molecule has 4 heteroatoms. The molecule has 112 valence electrons. The van der Waals surface area contributed by atoms with Crippen LogP contribution in [0, 0.1) is 5.92 Å². The van der Waals surface area contributed by atoms with Crippen molar-refractivity contribution in [2.45, 2.75) is 51.9 Å².